The molecule has 0 fully saturated rings. The first kappa shape index (κ1) is 17.3. The summed E-state index contributed by atoms with van der Waals surface area (Å²) in [6, 6.07) is 7.66. The number of rotatable bonds is 8. The molecule has 1 atom stereocenters. The Hall–Kier alpha value is -2.02. The molecule has 124 valence electrons. The summed E-state index contributed by atoms with van der Waals surface area (Å²) in [6.07, 6.45) is 0.898. The molecule has 0 saturated carbocycles. The van der Waals surface area contributed by atoms with Crippen LogP contribution in [0.5, 0.6) is 5.75 Å². The zero-order valence-electron chi connectivity index (χ0n) is 13.5. The third kappa shape index (κ3) is 4.99. The fourth-order valence-electron chi connectivity index (χ4n) is 1.85. The topological polar surface area (TPSA) is 77.2 Å². The van der Waals surface area contributed by atoms with Gasteiger partial charge in [-0.2, -0.15) is 0 Å². The van der Waals surface area contributed by atoms with Crippen LogP contribution in [0.2, 0.25) is 0 Å². The van der Waals surface area contributed by atoms with Crippen molar-refractivity contribution in [2.75, 3.05) is 12.4 Å². The van der Waals surface area contributed by atoms with Gasteiger partial charge in [0.25, 0.3) is 11.1 Å². The van der Waals surface area contributed by atoms with Crippen molar-refractivity contribution >= 4 is 17.7 Å². The van der Waals surface area contributed by atoms with Gasteiger partial charge in [-0.15, -0.1) is 10.2 Å². The zero-order chi connectivity index (χ0) is 16.7. The molecule has 7 heteroatoms. The highest BCUT2D eigenvalue weighted by molar-refractivity contribution is 7.99. The molecule has 2 aromatic rings. The van der Waals surface area contributed by atoms with E-state index in [9.17, 15) is 4.79 Å². The molecule has 0 radical (unpaired) electrons. The van der Waals surface area contributed by atoms with Gasteiger partial charge < -0.3 is 14.5 Å². The number of benzene rings is 1. The van der Waals surface area contributed by atoms with Crippen LogP contribution in [0, 0.1) is 0 Å². The van der Waals surface area contributed by atoms with Gasteiger partial charge in [-0.05, 0) is 32.4 Å². The number of carbonyl (C=O) groups is 1. The monoisotopic (exact) mass is 335 g/mol. The SMILES string of the molecule is CCOc1ccccc1-c1nnc(SCC(=O)N[C@@H](C)CC)o1. The molecule has 0 aliphatic carbocycles. The molecular formula is C16H21N3O3S. The molecule has 0 aliphatic rings. The molecule has 0 bridgehead atoms. The lowest BCUT2D eigenvalue weighted by Gasteiger charge is -2.09. The van der Waals surface area contributed by atoms with Crippen LogP contribution in [0.25, 0.3) is 11.5 Å². The van der Waals surface area contributed by atoms with Gasteiger partial charge in [0.15, 0.2) is 0 Å². The highest BCUT2D eigenvalue weighted by Crippen LogP contribution is 2.30. The highest BCUT2D eigenvalue weighted by Gasteiger charge is 2.15. The second-order valence-corrected chi connectivity index (χ2v) is 5.89. The van der Waals surface area contributed by atoms with E-state index in [0.717, 1.165) is 12.0 Å². The molecule has 6 nitrogen and oxygen atoms in total. The van der Waals surface area contributed by atoms with Gasteiger partial charge in [-0.3, -0.25) is 4.79 Å². The lowest BCUT2D eigenvalue weighted by Crippen LogP contribution is -2.33. The van der Waals surface area contributed by atoms with Crippen LogP contribution < -0.4 is 10.1 Å². The Balaban J connectivity index is 2.00. The third-order valence-electron chi connectivity index (χ3n) is 3.17. The van der Waals surface area contributed by atoms with E-state index >= 15 is 0 Å². The summed E-state index contributed by atoms with van der Waals surface area (Å²) >= 11 is 1.22. The summed E-state index contributed by atoms with van der Waals surface area (Å²) in [6.45, 7) is 6.47. The number of nitrogens with zero attached hydrogens (tertiary/aromatic N) is 2. The second kappa shape index (κ2) is 8.57. The summed E-state index contributed by atoms with van der Waals surface area (Å²) in [5.74, 6) is 1.29. The van der Waals surface area contributed by atoms with Gasteiger partial charge in [0.05, 0.1) is 17.9 Å². The van der Waals surface area contributed by atoms with Gasteiger partial charge >= 0.3 is 0 Å². The van der Waals surface area contributed by atoms with Crippen molar-refractivity contribution in [3.8, 4) is 17.2 Å². The summed E-state index contributed by atoms with van der Waals surface area (Å²) in [5, 5.41) is 11.3. The molecule has 1 N–H and O–H groups in total. The maximum absolute atomic E-state index is 11.8. The van der Waals surface area contributed by atoms with Gasteiger partial charge in [0.2, 0.25) is 5.91 Å². The first-order chi connectivity index (χ1) is 11.1. The van der Waals surface area contributed by atoms with Crippen molar-refractivity contribution in [1.29, 1.82) is 0 Å². The van der Waals surface area contributed by atoms with E-state index in [-0.39, 0.29) is 17.7 Å². The number of thioether (sulfide) groups is 1. The summed E-state index contributed by atoms with van der Waals surface area (Å²) in [5.41, 5.74) is 0.748. The number of carbonyl (C=O) groups excluding carboxylic acids is 1. The Kier molecular flexibility index (Phi) is 6.46. The molecule has 23 heavy (non-hydrogen) atoms. The van der Waals surface area contributed by atoms with Crippen molar-refractivity contribution < 1.29 is 13.9 Å². The quantitative estimate of drug-likeness (QED) is 0.747. The Morgan fingerprint density at radius 1 is 1.35 bits per heavy atom. The summed E-state index contributed by atoms with van der Waals surface area (Å²) < 4.78 is 11.2. The standard InChI is InChI=1S/C16H21N3O3S/c1-4-11(3)17-14(20)10-23-16-19-18-15(22-16)12-8-6-7-9-13(12)21-5-2/h6-9,11H,4-5,10H2,1-3H3,(H,17,20)/t11-/m0/s1. The van der Waals surface area contributed by atoms with Crippen LogP contribution in [0.1, 0.15) is 27.2 Å². The fourth-order valence-corrected chi connectivity index (χ4v) is 2.42. The summed E-state index contributed by atoms with van der Waals surface area (Å²) in [7, 11) is 0. The van der Waals surface area contributed by atoms with E-state index in [0.29, 0.717) is 23.5 Å². The van der Waals surface area contributed by atoms with Crippen LogP contribution in [0.4, 0.5) is 0 Å². The number of hydrogen-bond donors (Lipinski definition) is 1. The van der Waals surface area contributed by atoms with Gasteiger partial charge in [0.1, 0.15) is 5.75 Å². The number of aromatic nitrogens is 2. The molecular weight excluding hydrogens is 314 g/mol. The minimum absolute atomic E-state index is 0.0428. The molecule has 0 saturated heterocycles. The largest absolute Gasteiger partial charge is 0.493 e. The molecule has 2 rings (SSSR count). The average molecular weight is 335 g/mol. The lowest BCUT2D eigenvalue weighted by atomic mass is 10.2. The minimum atomic E-state index is -0.0428. The van der Waals surface area contributed by atoms with Crippen molar-refractivity contribution in [3.05, 3.63) is 24.3 Å². The molecule has 1 heterocycles. The van der Waals surface area contributed by atoms with Crippen molar-refractivity contribution in [3.63, 3.8) is 0 Å². The maximum atomic E-state index is 11.8. The predicted molar refractivity (Wildman–Crippen MR) is 89.5 cm³/mol. The van der Waals surface area contributed by atoms with E-state index < -0.39 is 0 Å². The second-order valence-electron chi connectivity index (χ2n) is 4.97. The van der Waals surface area contributed by atoms with E-state index in [2.05, 4.69) is 15.5 Å². The first-order valence-electron chi connectivity index (χ1n) is 7.61. The minimum Gasteiger partial charge on any atom is -0.493 e. The molecule has 1 aromatic carbocycles. The molecule has 1 amide bonds. The van der Waals surface area contributed by atoms with E-state index in [1.807, 2.05) is 45.0 Å². The van der Waals surface area contributed by atoms with E-state index in [4.69, 9.17) is 9.15 Å². The normalized spacial score (nSPS) is 12.0. The van der Waals surface area contributed by atoms with E-state index in [1.54, 1.807) is 0 Å². The average Bonchev–Trinajstić information content (AvgIpc) is 3.02. The molecule has 0 unspecified atom stereocenters. The Labute approximate surface area is 140 Å². The smallest absolute Gasteiger partial charge is 0.277 e. The highest BCUT2D eigenvalue weighted by atomic mass is 32.2. The van der Waals surface area contributed by atoms with Crippen molar-refractivity contribution in [2.45, 2.75) is 38.5 Å². The Morgan fingerprint density at radius 3 is 2.87 bits per heavy atom. The number of hydrogen-bond acceptors (Lipinski definition) is 6. The van der Waals surface area contributed by atoms with Gasteiger partial charge in [-0.25, -0.2) is 0 Å². The van der Waals surface area contributed by atoms with Crippen molar-refractivity contribution in [1.82, 2.24) is 15.5 Å². The lowest BCUT2D eigenvalue weighted by molar-refractivity contribution is -0.119. The number of para-hydroxylation sites is 1. The number of amides is 1. The molecule has 1 aromatic heterocycles. The van der Waals surface area contributed by atoms with Gasteiger partial charge in [0, 0.05) is 6.04 Å². The van der Waals surface area contributed by atoms with Crippen LogP contribution in [0.3, 0.4) is 0 Å². The Bertz CT molecular complexity index is 645. The maximum Gasteiger partial charge on any atom is 0.277 e. The number of nitrogens with one attached hydrogen (secondary N) is 1. The van der Waals surface area contributed by atoms with Crippen LogP contribution in [-0.2, 0) is 4.79 Å². The first-order valence-corrected chi connectivity index (χ1v) is 8.60. The fraction of sp³-hybridized carbons (Fsp3) is 0.438. The predicted octanol–water partition coefficient (Wildman–Crippen LogP) is 3.14. The summed E-state index contributed by atoms with van der Waals surface area (Å²) in [4.78, 5) is 11.8. The molecule has 0 spiro atoms. The zero-order valence-corrected chi connectivity index (χ0v) is 14.4. The van der Waals surface area contributed by atoms with Crippen LogP contribution in [-0.4, -0.2) is 34.5 Å². The third-order valence-corrected chi connectivity index (χ3v) is 3.99. The van der Waals surface area contributed by atoms with Crippen LogP contribution >= 0.6 is 11.8 Å². The number of ether oxygens (including phenoxy) is 1. The van der Waals surface area contributed by atoms with E-state index in [1.165, 1.54) is 11.8 Å². The van der Waals surface area contributed by atoms with Crippen molar-refractivity contribution in [2.24, 2.45) is 0 Å². The van der Waals surface area contributed by atoms with Crippen LogP contribution in [0.15, 0.2) is 33.9 Å². The van der Waals surface area contributed by atoms with Gasteiger partial charge in [-0.1, -0.05) is 30.8 Å². The Morgan fingerprint density at radius 2 is 2.13 bits per heavy atom. The molecule has 0 aliphatic heterocycles.